The van der Waals surface area contributed by atoms with Crippen LogP contribution in [-0.2, 0) is 0 Å². The van der Waals surface area contributed by atoms with E-state index in [1.165, 1.54) is 0 Å². The molecule has 0 unspecified atom stereocenters. The predicted octanol–water partition coefficient (Wildman–Crippen LogP) is 5.12. The van der Waals surface area contributed by atoms with Crippen molar-refractivity contribution in [3.05, 3.63) is 54.0 Å². The summed E-state index contributed by atoms with van der Waals surface area (Å²) in [5, 5.41) is 6.64. The first-order chi connectivity index (χ1) is 18.0. The van der Waals surface area contributed by atoms with Crippen LogP contribution in [0.25, 0.3) is 33.3 Å². The van der Waals surface area contributed by atoms with Crippen molar-refractivity contribution >= 4 is 39.7 Å². The summed E-state index contributed by atoms with van der Waals surface area (Å²) in [7, 11) is 3.14. The number of fused-ring (bicyclic) bond motifs is 2. The number of nitrogens with zero attached hydrogens (tertiary/aromatic N) is 3. The van der Waals surface area contributed by atoms with Crippen molar-refractivity contribution in [1.29, 1.82) is 0 Å². The zero-order valence-corrected chi connectivity index (χ0v) is 20.7. The van der Waals surface area contributed by atoms with Gasteiger partial charge in [0.2, 0.25) is 11.8 Å². The van der Waals surface area contributed by atoms with Crippen LogP contribution in [0.15, 0.2) is 47.0 Å². The monoisotopic (exact) mass is 498 g/mol. The highest BCUT2D eigenvalue weighted by atomic mass is 16.5. The smallest absolute Gasteiger partial charge is 0.251 e. The fourth-order valence-electron chi connectivity index (χ4n) is 4.42. The normalized spacial score (nSPS) is 13.5. The molecule has 10 nitrogen and oxygen atoms in total. The molecule has 0 radical (unpaired) electrons. The summed E-state index contributed by atoms with van der Waals surface area (Å²) < 4.78 is 17.6. The number of methoxy groups -OCH3 is 1. The van der Waals surface area contributed by atoms with E-state index in [2.05, 4.69) is 20.6 Å². The van der Waals surface area contributed by atoms with E-state index in [4.69, 9.17) is 23.9 Å². The van der Waals surface area contributed by atoms with Crippen LogP contribution in [-0.4, -0.2) is 46.1 Å². The van der Waals surface area contributed by atoms with Crippen molar-refractivity contribution < 1.29 is 18.7 Å². The molecule has 37 heavy (non-hydrogen) atoms. The maximum Gasteiger partial charge on any atom is 0.251 e. The molecule has 1 aliphatic rings. The second kappa shape index (κ2) is 9.12. The van der Waals surface area contributed by atoms with Gasteiger partial charge in [-0.25, -0.2) is 4.98 Å². The van der Waals surface area contributed by atoms with Crippen molar-refractivity contribution in [2.24, 2.45) is 0 Å². The number of aromatic nitrogens is 4. The number of aromatic amines is 1. The second-order valence-electron chi connectivity index (χ2n) is 8.98. The summed E-state index contributed by atoms with van der Waals surface area (Å²) in [6, 6.07) is 11.1. The lowest BCUT2D eigenvalue weighted by Gasteiger charge is -2.26. The summed E-state index contributed by atoms with van der Waals surface area (Å²) in [5.74, 6) is 1.77. The molecule has 1 amide bonds. The van der Waals surface area contributed by atoms with E-state index in [0.29, 0.717) is 40.4 Å². The number of ether oxygens (including phenoxy) is 2. The first-order valence-electron chi connectivity index (χ1n) is 12.1. The molecule has 0 spiro atoms. The molecular formula is C27H26N6O4. The Labute approximate surface area is 212 Å². The molecule has 5 aromatic rings. The standard InChI is InChI=1S/C27H26N6O4/c1-14-30-20-9-7-15(11-22(20)36-14)18-13-29-24-23(18)26(37-17-5-4-6-17)33-27(32-24)31-19-10-8-16(25(34)28-2)12-21(19)35-3/h7-13,17H,4-6H2,1-3H3,(H,28,34)(H2,29,31,32,33). The second-order valence-corrected chi connectivity index (χ2v) is 8.98. The van der Waals surface area contributed by atoms with E-state index < -0.39 is 0 Å². The summed E-state index contributed by atoms with van der Waals surface area (Å²) in [6.07, 6.45) is 5.15. The Morgan fingerprint density at radius 3 is 2.76 bits per heavy atom. The van der Waals surface area contributed by atoms with Gasteiger partial charge in [-0.1, -0.05) is 6.07 Å². The molecule has 6 rings (SSSR count). The van der Waals surface area contributed by atoms with E-state index in [0.717, 1.165) is 46.9 Å². The minimum atomic E-state index is -0.198. The van der Waals surface area contributed by atoms with Crippen molar-refractivity contribution in [2.45, 2.75) is 32.3 Å². The number of oxazole rings is 1. The number of aryl methyl sites for hydroxylation is 1. The molecule has 3 heterocycles. The maximum absolute atomic E-state index is 12.0. The number of carbonyl (C=O) groups excluding carboxylic acids is 1. The molecule has 0 bridgehead atoms. The van der Waals surface area contributed by atoms with E-state index >= 15 is 0 Å². The van der Waals surface area contributed by atoms with Crippen molar-refractivity contribution in [3.63, 3.8) is 0 Å². The van der Waals surface area contributed by atoms with Gasteiger partial charge in [0.1, 0.15) is 23.0 Å². The van der Waals surface area contributed by atoms with Crippen molar-refractivity contribution in [2.75, 3.05) is 19.5 Å². The Morgan fingerprint density at radius 2 is 2.00 bits per heavy atom. The highest BCUT2D eigenvalue weighted by Gasteiger charge is 2.24. The average molecular weight is 499 g/mol. The van der Waals surface area contributed by atoms with E-state index in [1.54, 1.807) is 32.4 Å². The lowest BCUT2D eigenvalue weighted by Crippen LogP contribution is -2.25. The zero-order valence-electron chi connectivity index (χ0n) is 20.7. The molecule has 2 aromatic carbocycles. The summed E-state index contributed by atoms with van der Waals surface area (Å²) >= 11 is 0. The van der Waals surface area contributed by atoms with Crippen LogP contribution in [0.4, 0.5) is 11.6 Å². The van der Waals surface area contributed by atoms with E-state index in [9.17, 15) is 4.79 Å². The molecule has 1 aliphatic carbocycles. The number of H-pyrrole nitrogens is 1. The molecule has 1 saturated carbocycles. The minimum absolute atomic E-state index is 0.120. The first kappa shape index (κ1) is 22.8. The Hall–Kier alpha value is -4.60. The number of hydrogen-bond acceptors (Lipinski definition) is 8. The van der Waals surface area contributed by atoms with Crippen LogP contribution >= 0.6 is 0 Å². The largest absolute Gasteiger partial charge is 0.495 e. The third kappa shape index (κ3) is 4.20. The van der Waals surface area contributed by atoms with E-state index in [1.807, 2.05) is 31.3 Å². The van der Waals surface area contributed by atoms with Gasteiger partial charge in [-0.15, -0.1) is 0 Å². The van der Waals surface area contributed by atoms with Gasteiger partial charge in [-0.3, -0.25) is 4.79 Å². The minimum Gasteiger partial charge on any atom is -0.495 e. The SMILES string of the molecule is CNC(=O)c1ccc(Nc2nc(OC3CCC3)c3c(-c4ccc5nc(C)oc5c4)c[nH]c3n2)c(OC)c1. The summed E-state index contributed by atoms with van der Waals surface area (Å²) in [6.45, 7) is 1.83. The molecule has 0 saturated heterocycles. The number of benzene rings is 2. The van der Waals surface area contributed by atoms with Gasteiger partial charge in [-0.05, 0) is 55.2 Å². The molecule has 188 valence electrons. The molecule has 3 aromatic heterocycles. The molecular weight excluding hydrogens is 472 g/mol. The van der Waals surface area contributed by atoms with Gasteiger partial charge in [0.05, 0.1) is 18.2 Å². The number of hydrogen-bond donors (Lipinski definition) is 3. The van der Waals surface area contributed by atoms with Gasteiger partial charge in [0.25, 0.3) is 5.91 Å². The van der Waals surface area contributed by atoms with Crippen LogP contribution in [0, 0.1) is 6.92 Å². The molecule has 1 fully saturated rings. The first-order valence-corrected chi connectivity index (χ1v) is 12.1. The van der Waals surface area contributed by atoms with Gasteiger partial charge in [-0.2, -0.15) is 9.97 Å². The number of anilines is 2. The molecule has 10 heteroatoms. The number of carbonyl (C=O) groups is 1. The Morgan fingerprint density at radius 1 is 1.14 bits per heavy atom. The maximum atomic E-state index is 12.0. The van der Waals surface area contributed by atoms with Gasteiger partial charge < -0.3 is 29.5 Å². The topological polar surface area (TPSA) is 127 Å². The predicted molar refractivity (Wildman–Crippen MR) is 140 cm³/mol. The van der Waals surface area contributed by atoms with Gasteiger partial charge in [0.15, 0.2) is 11.5 Å². The van der Waals surface area contributed by atoms with Crippen LogP contribution in [0.1, 0.15) is 35.5 Å². The number of rotatable bonds is 7. The molecule has 0 aliphatic heterocycles. The Balaban J connectivity index is 1.41. The quantitative estimate of drug-likeness (QED) is 0.282. The number of amides is 1. The molecule has 3 N–H and O–H groups in total. The average Bonchev–Trinajstić information content (AvgIpc) is 3.48. The fraction of sp³-hybridized carbons (Fsp3) is 0.259. The number of nitrogens with one attached hydrogen (secondary N) is 3. The Bertz CT molecular complexity index is 1640. The highest BCUT2D eigenvalue weighted by molar-refractivity contribution is 5.99. The summed E-state index contributed by atoms with van der Waals surface area (Å²) in [4.78, 5) is 29.2. The zero-order chi connectivity index (χ0) is 25.5. The molecule has 0 atom stereocenters. The fourth-order valence-corrected chi connectivity index (χ4v) is 4.42. The summed E-state index contributed by atoms with van der Waals surface area (Å²) in [5.41, 5.74) is 5.15. The van der Waals surface area contributed by atoms with Gasteiger partial charge in [0, 0.05) is 31.3 Å². The van der Waals surface area contributed by atoms with Crippen LogP contribution < -0.4 is 20.1 Å². The van der Waals surface area contributed by atoms with Crippen LogP contribution in [0.3, 0.4) is 0 Å². The lowest BCUT2D eigenvalue weighted by molar-refractivity contribution is 0.0962. The third-order valence-electron chi connectivity index (χ3n) is 6.57. The Kier molecular flexibility index (Phi) is 5.63. The highest BCUT2D eigenvalue weighted by Crippen LogP contribution is 2.38. The van der Waals surface area contributed by atoms with Crippen LogP contribution in [0.5, 0.6) is 11.6 Å². The van der Waals surface area contributed by atoms with Crippen molar-refractivity contribution in [3.8, 4) is 22.8 Å². The third-order valence-corrected chi connectivity index (χ3v) is 6.57. The van der Waals surface area contributed by atoms with E-state index in [-0.39, 0.29) is 12.0 Å². The van der Waals surface area contributed by atoms with Gasteiger partial charge >= 0.3 is 0 Å². The van der Waals surface area contributed by atoms with Crippen molar-refractivity contribution in [1.82, 2.24) is 25.3 Å². The van der Waals surface area contributed by atoms with Crippen LogP contribution in [0.2, 0.25) is 0 Å². The lowest BCUT2D eigenvalue weighted by atomic mass is 9.96.